The highest BCUT2D eigenvalue weighted by Crippen LogP contribution is 2.45. The highest BCUT2D eigenvalue weighted by atomic mass is 16.6. The van der Waals surface area contributed by atoms with Gasteiger partial charge < -0.3 is 14.7 Å². The van der Waals surface area contributed by atoms with Crippen LogP contribution < -0.4 is 0 Å². The number of amides is 1. The summed E-state index contributed by atoms with van der Waals surface area (Å²) in [6.45, 7) is 2.72. The Kier molecular flexibility index (Phi) is 1.83. The summed E-state index contributed by atoms with van der Waals surface area (Å²) in [5, 5.41) is 10.1. The summed E-state index contributed by atoms with van der Waals surface area (Å²) in [6.07, 6.45) is 2.89. The number of hydrogen-bond donors (Lipinski definition) is 1. The van der Waals surface area contributed by atoms with Crippen LogP contribution in [0.2, 0.25) is 0 Å². The molecule has 2 aliphatic heterocycles. The number of ether oxygens (including phenoxy) is 1. The van der Waals surface area contributed by atoms with Crippen molar-refractivity contribution in [3.63, 3.8) is 0 Å². The minimum atomic E-state index is -0.586. The molecule has 0 aromatic rings. The van der Waals surface area contributed by atoms with Crippen molar-refractivity contribution in [2.75, 3.05) is 6.54 Å². The fourth-order valence-corrected chi connectivity index (χ4v) is 3.30. The lowest BCUT2D eigenvalue weighted by Gasteiger charge is -2.31. The van der Waals surface area contributed by atoms with E-state index in [-0.39, 0.29) is 18.2 Å². The Balaban J connectivity index is 2.01. The SMILES string of the molecule is C/C=C1\[C@H](O)[C@H]2OC(=O)N3CCC[C@@H]1[C@@H]23. The predicted molar refractivity (Wildman–Crippen MR) is 53.3 cm³/mol. The van der Waals surface area contributed by atoms with E-state index in [0.29, 0.717) is 5.92 Å². The lowest BCUT2D eigenvalue weighted by molar-refractivity contribution is 0.0574. The topological polar surface area (TPSA) is 49.8 Å². The molecular weight excluding hydrogens is 194 g/mol. The van der Waals surface area contributed by atoms with Gasteiger partial charge in [-0.3, -0.25) is 0 Å². The fraction of sp³-hybridized carbons (Fsp3) is 0.727. The van der Waals surface area contributed by atoms with Crippen LogP contribution in [0.1, 0.15) is 19.8 Å². The first-order chi connectivity index (χ1) is 7.24. The largest absolute Gasteiger partial charge is 0.441 e. The monoisotopic (exact) mass is 209 g/mol. The molecular formula is C11H15NO3. The van der Waals surface area contributed by atoms with Crippen LogP contribution in [0.4, 0.5) is 4.79 Å². The van der Waals surface area contributed by atoms with E-state index in [1.807, 2.05) is 13.0 Å². The normalized spacial score (nSPS) is 45.9. The molecule has 2 heterocycles. The van der Waals surface area contributed by atoms with Crippen LogP contribution in [0.15, 0.2) is 11.6 Å². The zero-order chi connectivity index (χ0) is 10.6. The lowest BCUT2D eigenvalue weighted by atomic mass is 9.89. The van der Waals surface area contributed by atoms with Gasteiger partial charge in [-0.25, -0.2) is 4.79 Å². The van der Waals surface area contributed by atoms with Crippen LogP contribution in [-0.2, 0) is 4.74 Å². The van der Waals surface area contributed by atoms with Crippen LogP contribution in [0.5, 0.6) is 0 Å². The van der Waals surface area contributed by atoms with Crippen molar-refractivity contribution in [1.29, 1.82) is 0 Å². The molecule has 0 aromatic carbocycles. The Morgan fingerprint density at radius 2 is 2.40 bits per heavy atom. The quantitative estimate of drug-likeness (QED) is 0.603. The maximum Gasteiger partial charge on any atom is 0.410 e. The number of hydrogen-bond acceptors (Lipinski definition) is 3. The van der Waals surface area contributed by atoms with Crippen LogP contribution >= 0.6 is 0 Å². The number of aliphatic hydroxyl groups excluding tert-OH is 1. The molecule has 4 nitrogen and oxygen atoms in total. The average molecular weight is 209 g/mol. The van der Waals surface area contributed by atoms with Gasteiger partial charge in [-0.05, 0) is 25.3 Å². The van der Waals surface area contributed by atoms with E-state index in [0.717, 1.165) is 25.0 Å². The third kappa shape index (κ3) is 1.03. The number of carbonyl (C=O) groups is 1. The minimum absolute atomic E-state index is 0.0902. The van der Waals surface area contributed by atoms with E-state index >= 15 is 0 Å². The molecule has 0 radical (unpaired) electrons. The molecule has 3 fully saturated rings. The average Bonchev–Trinajstić information content (AvgIpc) is 2.70. The van der Waals surface area contributed by atoms with Gasteiger partial charge in [0.2, 0.25) is 0 Å². The van der Waals surface area contributed by atoms with Crippen molar-refractivity contribution in [3.8, 4) is 0 Å². The van der Waals surface area contributed by atoms with Crippen molar-refractivity contribution < 1.29 is 14.6 Å². The van der Waals surface area contributed by atoms with Gasteiger partial charge in [0.1, 0.15) is 6.10 Å². The van der Waals surface area contributed by atoms with Gasteiger partial charge in [-0.1, -0.05) is 6.08 Å². The maximum atomic E-state index is 11.5. The third-order valence-corrected chi connectivity index (χ3v) is 3.91. The summed E-state index contributed by atoms with van der Waals surface area (Å²) in [4.78, 5) is 13.3. The molecule has 1 N–H and O–H groups in total. The van der Waals surface area contributed by atoms with Crippen molar-refractivity contribution in [2.24, 2.45) is 5.92 Å². The van der Waals surface area contributed by atoms with Crippen molar-refractivity contribution in [2.45, 2.75) is 38.0 Å². The molecule has 1 saturated carbocycles. The summed E-state index contributed by atoms with van der Waals surface area (Å²) < 4.78 is 5.24. The maximum absolute atomic E-state index is 11.5. The molecule has 82 valence electrons. The number of aliphatic hydroxyl groups is 1. The summed E-state index contributed by atoms with van der Waals surface area (Å²) in [5.41, 5.74) is 1.06. The summed E-state index contributed by atoms with van der Waals surface area (Å²) in [6, 6.07) is 0.0902. The van der Waals surface area contributed by atoms with Gasteiger partial charge in [-0.2, -0.15) is 0 Å². The second-order valence-corrected chi connectivity index (χ2v) is 4.51. The molecule has 4 atom stereocenters. The van der Waals surface area contributed by atoms with E-state index in [2.05, 4.69) is 0 Å². The van der Waals surface area contributed by atoms with Gasteiger partial charge in [-0.15, -0.1) is 0 Å². The Hall–Kier alpha value is -1.03. The van der Waals surface area contributed by atoms with E-state index in [1.54, 1.807) is 4.90 Å². The smallest absolute Gasteiger partial charge is 0.410 e. The molecule has 1 aliphatic carbocycles. The molecule has 0 spiro atoms. The lowest BCUT2D eigenvalue weighted by Crippen LogP contribution is -2.43. The second kappa shape index (κ2) is 2.98. The number of rotatable bonds is 0. The number of allylic oxidation sites excluding steroid dienone is 1. The predicted octanol–water partition coefficient (Wildman–Crippen LogP) is 0.907. The molecule has 3 rings (SSSR count). The van der Waals surface area contributed by atoms with Gasteiger partial charge in [0.25, 0.3) is 0 Å². The van der Waals surface area contributed by atoms with Crippen molar-refractivity contribution in [3.05, 3.63) is 11.6 Å². The number of carbonyl (C=O) groups excluding carboxylic acids is 1. The van der Waals surface area contributed by atoms with Crippen LogP contribution in [0.3, 0.4) is 0 Å². The van der Waals surface area contributed by atoms with Gasteiger partial charge in [0, 0.05) is 12.5 Å². The van der Waals surface area contributed by atoms with Crippen LogP contribution in [0, 0.1) is 5.92 Å². The second-order valence-electron chi connectivity index (χ2n) is 4.51. The first kappa shape index (κ1) is 9.21. The van der Waals surface area contributed by atoms with Crippen LogP contribution in [0.25, 0.3) is 0 Å². The molecule has 0 unspecified atom stereocenters. The zero-order valence-corrected chi connectivity index (χ0v) is 8.72. The first-order valence-electron chi connectivity index (χ1n) is 5.55. The highest BCUT2D eigenvalue weighted by Gasteiger charge is 2.57. The minimum Gasteiger partial charge on any atom is -0.441 e. The molecule has 2 saturated heterocycles. The Morgan fingerprint density at radius 1 is 1.60 bits per heavy atom. The van der Waals surface area contributed by atoms with Gasteiger partial charge >= 0.3 is 6.09 Å². The highest BCUT2D eigenvalue weighted by molar-refractivity contribution is 5.72. The first-order valence-corrected chi connectivity index (χ1v) is 5.55. The molecule has 3 aliphatic rings. The van der Waals surface area contributed by atoms with Crippen molar-refractivity contribution in [1.82, 2.24) is 4.90 Å². The van der Waals surface area contributed by atoms with Gasteiger partial charge in [0.05, 0.1) is 6.04 Å². The molecule has 0 bridgehead atoms. The fourth-order valence-electron chi connectivity index (χ4n) is 3.30. The Bertz CT molecular complexity index is 339. The Labute approximate surface area is 88.5 Å². The molecule has 4 heteroatoms. The molecule has 0 aromatic heterocycles. The van der Waals surface area contributed by atoms with E-state index < -0.39 is 6.10 Å². The van der Waals surface area contributed by atoms with Crippen LogP contribution in [-0.4, -0.2) is 40.9 Å². The van der Waals surface area contributed by atoms with Gasteiger partial charge in [0.15, 0.2) is 6.10 Å². The molecule has 1 amide bonds. The standard InChI is InChI=1S/C11H15NO3/c1-2-6-7-4-3-5-12-8(7)10(9(6)13)15-11(12)14/h2,7-10,13H,3-5H2,1H3/b6-2-/t7-,8-,9-,10-/m0/s1. The zero-order valence-electron chi connectivity index (χ0n) is 8.72. The Morgan fingerprint density at radius 3 is 3.13 bits per heavy atom. The summed E-state index contributed by atoms with van der Waals surface area (Å²) in [7, 11) is 0. The summed E-state index contributed by atoms with van der Waals surface area (Å²) >= 11 is 0. The number of nitrogens with zero attached hydrogens (tertiary/aromatic N) is 1. The molecule has 15 heavy (non-hydrogen) atoms. The van der Waals surface area contributed by atoms with E-state index in [4.69, 9.17) is 4.74 Å². The third-order valence-electron chi connectivity index (χ3n) is 3.91. The van der Waals surface area contributed by atoms with E-state index in [9.17, 15) is 9.90 Å². The van der Waals surface area contributed by atoms with E-state index in [1.165, 1.54) is 0 Å². The van der Waals surface area contributed by atoms with Crippen molar-refractivity contribution >= 4 is 6.09 Å². The number of piperidine rings is 1. The summed E-state index contributed by atoms with van der Waals surface area (Å²) in [5.74, 6) is 0.315.